The van der Waals surface area contributed by atoms with Gasteiger partial charge in [0.1, 0.15) is 6.20 Å². The van der Waals surface area contributed by atoms with E-state index in [0.29, 0.717) is 5.82 Å². The van der Waals surface area contributed by atoms with Gasteiger partial charge in [-0.05, 0) is 10.5 Å². The number of imidazole rings is 1. The summed E-state index contributed by atoms with van der Waals surface area (Å²) in [7, 11) is 1.57. The second kappa shape index (κ2) is 4.97. The van der Waals surface area contributed by atoms with Crippen LogP contribution in [0, 0.1) is 10.1 Å². The molecule has 1 aromatic carbocycles. The van der Waals surface area contributed by atoms with E-state index in [1.807, 2.05) is 30.3 Å². The molecule has 0 aliphatic carbocycles. The van der Waals surface area contributed by atoms with Crippen LogP contribution in [0.1, 0.15) is 17.5 Å². The topological polar surface area (TPSA) is 81.2 Å². The summed E-state index contributed by atoms with van der Waals surface area (Å²) in [6.07, 6.45) is 0.730. The van der Waals surface area contributed by atoms with E-state index >= 15 is 0 Å². The fourth-order valence-corrected chi connectivity index (χ4v) is 1.76. The number of benzene rings is 1. The summed E-state index contributed by atoms with van der Waals surface area (Å²) in [5, 5.41) is 20.7. The van der Waals surface area contributed by atoms with Crippen molar-refractivity contribution in [2.24, 2.45) is 7.05 Å². The zero-order valence-electron chi connectivity index (χ0n) is 9.85. The molecule has 1 aromatic heterocycles. The Kier molecular flexibility index (Phi) is 3.38. The number of nitrogens with zero attached hydrogens (tertiary/aromatic N) is 3. The highest BCUT2D eigenvalue weighted by molar-refractivity contribution is 5.22. The Morgan fingerprint density at radius 2 is 2.11 bits per heavy atom. The summed E-state index contributed by atoms with van der Waals surface area (Å²) >= 11 is 0. The smallest absolute Gasteiger partial charge is 0.342 e. The summed E-state index contributed by atoms with van der Waals surface area (Å²) in [5.41, 5.74) is 0.767. The Morgan fingerprint density at radius 3 is 2.67 bits per heavy atom. The van der Waals surface area contributed by atoms with Crippen LogP contribution < -0.4 is 0 Å². The first-order chi connectivity index (χ1) is 8.59. The van der Waals surface area contributed by atoms with Crippen molar-refractivity contribution in [3.05, 3.63) is 58.0 Å². The van der Waals surface area contributed by atoms with Gasteiger partial charge < -0.3 is 15.2 Å². The number of hydrogen-bond acceptors (Lipinski definition) is 4. The Balaban J connectivity index is 2.17. The van der Waals surface area contributed by atoms with Crippen molar-refractivity contribution < 1.29 is 10.0 Å². The molecule has 1 heterocycles. The summed E-state index contributed by atoms with van der Waals surface area (Å²) in [6, 6.07) is 9.14. The second-order valence-corrected chi connectivity index (χ2v) is 3.98. The largest absolute Gasteiger partial charge is 0.388 e. The molecule has 0 unspecified atom stereocenters. The predicted molar refractivity (Wildman–Crippen MR) is 65.0 cm³/mol. The lowest BCUT2D eigenvalue weighted by atomic mass is 10.1. The van der Waals surface area contributed by atoms with Gasteiger partial charge in [-0.3, -0.25) is 0 Å². The van der Waals surface area contributed by atoms with Crippen LogP contribution in [0.4, 0.5) is 5.82 Å². The molecular formula is C12H13N3O3. The van der Waals surface area contributed by atoms with E-state index < -0.39 is 11.0 Å². The lowest BCUT2D eigenvalue weighted by Gasteiger charge is -2.08. The van der Waals surface area contributed by atoms with Gasteiger partial charge in [0.15, 0.2) is 5.82 Å². The maximum Gasteiger partial charge on any atom is 0.342 e. The van der Waals surface area contributed by atoms with Crippen LogP contribution in [0.25, 0.3) is 0 Å². The van der Waals surface area contributed by atoms with Gasteiger partial charge in [0, 0.05) is 0 Å². The van der Waals surface area contributed by atoms with Gasteiger partial charge in [-0.15, -0.1) is 0 Å². The summed E-state index contributed by atoms with van der Waals surface area (Å²) in [5.74, 6) is 0.406. The molecule has 94 valence electrons. The van der Waals surface area contributed by atoms with Crippen LogP contribution in [-0.4, -0.2) is 19.6 Å². The van der Waals surface area contributed by atoms with Crippen molar-refractivity contribution in [2.75, 3.05) is 0 Å². The summed E-state index contributed by atoms with van der Waals surface area (Å²) in [4.78, 5) is 14.1. The van der Waals surface area contributed by atoms with E-state index in [-0.39, 0.29) is 12.2 Å². The summed E-state index contributed by atoms with van der Waals surface area (Å²) < 4.78 is 1.38. The molecule has 0 aliphatic rings. The molecule has 0 fully saturated rings. The average molecular weight is 247 g/mol. The van der Waals surface area contributed by atoms with Gasteiger partial charge in [0.25, 0.3) is 0 Å². The molecule has 1 N–H and O–H groups in total. The first-order valence-corrected chi connectivity index (χ1v) is 5.47. The zero-order valence-corrected chi connectivity index (χ0v) is 9.85. The Morgan fingerprint density at radius 1 is 1.44 bits per heavy atom. The fraction of sp³-hybridized carbons (Fsp3) is 0.250. The number of aromatic nitrogens is 2. The quantitative estimate of drug-likeness (QED) is 0.657. The first-order valence-electron chi connectivity index (χ1n) is 5.47. The van der Waals surface area contributed by atoms with Gasteiger partial charge >= 0.3 is 5.82 Å². The molecule has 6 heteroatoms. The summed E-state index contributed by atoms with van der Waals surface area (Å²) in [6.45, 7) is 0. The monoisotopic (exact) mass is 247 g/mol. The average Bonchev–Trinajstić information content (AvgIpc) is 2.72. The molecule has 2 rings (SSSR count). The molecule has 0 spiro atoms. The molecule has 0 aliphatic heterocycles. The standard InChI is InChI=1S/C12H13N3O3/c1-14-11(13-8-12(14)15(17)18)7-10(16)9-5-3-2-4-6-9/h2-6,8,10,16H,7H2,1H3/t10-/m1/s1. The highest BCUT2D eigenvalue weighted by Crippen LogP contribution is 2.19. The van der Waals surface area contributed by atoms with E-state index in [4.69, 9.17) is 0 Å². The van der Waals surface area contributed by atoms with Gasteiger partial charge in [0.2, 0.25) is 0 Å². The third-order valence-corrected chi connectivity index (χ3v) is 2.81. The van der Waals surface area contributed by atoms with Crippen molar-refractivity contribution in [2.45, 2.75) is 12.5 Å². The van der Waals surface area contributed by atoms with Crippen molar-refractivity contribution in [3.63, 3.8) is 0 Å². The van der Waals surface area contributed by atoms with Crippen LogP contribution in [0.2, 0.25) is 0 Å². The van der Waals surface area contributed by atoms with Crippen LogP contribution in [0.15, 0.2) is 36.5 Å². The Hall–Kier alpha value is -2.21. The molecular weight excluding hydrogens is 234 g/mol. The van der Waals surface area contributed by atoms with Crippen molar-refractivity contribution in [1.82, 2.24) is 9.55 Å². The first kappa shape index (κ1) is 12.3. The van der Waals surface area contributed by atoms with Crippen LogP contribution >= 0.6 is 0 Å². The molecule has 6 nitrogen and oxygen atoms in total. The number of aliphatic hydroxyl groups excluding tert-OH is 1. The highest BCUT2D eigenvalue weighted by Gasteiger charge is 2.19. The van der Waals surface area contributed by atoms with E-state index in [9.17, 15) is 15.2 Å². The molecule has 0 amide bonds. The van der Waals surface area contributed by atoms with Crippen molar-refractivity contribution in [3.8, 4) is 0 Å². The van der Waals surface area contributed by atoms with Crippen molar-refractivity contribution in [1.29, 1.82) is 0 Å². The van der Waals surface area contributed by atoms with E-state index in [0.717, 1.165) is 5.56 Å². The number of rotatable bonds is 4. The van der Waals surface area contributed by atoms with Crippen LogP contribution in [-0.2, 0) is 13.5 Å². The molecule has 0 radical (unpaired) electrons. The maximum atomic E-state index is 10.7. The third-order valence-electron chi connectivity index (χ3n) is 2.81. The minimum Gasteiger partial charge on any atom is -0.388 e. The van der Waals surface area contributed by atoms with Gasteiger partial charge in [0.05, 0.1) is 19.6 Å². The molecule has 0 saturated heterocycles. The molecule has 0 bridgehead atoms. The highest BCUT2D eigenvalue weighted by atomic mass is 16.6. The number of aliphatic hydroxyl groups is 1. The second-order valence-electron chi connectivity index (χ2n) is 3.98. The van der Waals surface area contributed by atoms with Gasteiger partial charge in [-0.2, -0.15) is 0 Å². The number of hydrogen-bond donors (Lipinski definition) is 1. The Labute approximate surface area is 104 Å². The van der Waals surface area contributed by atoms with Crippen LogP contribution in [0.3, 0.4) is 0 Å². The zero-order chi connectivity index (χ0) is 13.1. The SMILES string of the molecule is Cn1c([N+](=O)[O-])cnc1C[C@@H](O)c1ccccc1. The minimum atomic E-state index is -0.716. The van der Waals surface area contributed by atoms with E-state index in [1.54, 1.807) is 7.05 Å². The Bertz CT molecular complexity index is 551. The molecule has 18 heavy (non-hydrogen) atoms. The fourth-order valence-electron chi connectivity index (χ4n) is 1.76. The lowest BCUT2D eigenvalue weighted by molar-refractivity contribution is -0.391. The third kappa shape index (κ3) is 2.38. The number of nitro groups is 1. The predicted octanol–water partition coefficient (Wildman–Crippen LogP) is 1.60. The van der Waals surface area contributed by atoms with Gasteiger partial charge in [-0.1, -0.05) is 30.3 Å². The molecule has 2 aromatic rings. The van der Waals surface area contributed by atoms with Gasteiger partial charge in [-0.25, -0.2) is 9.55 Å². The minimum absolute atomic E-state index is 0.0785. The van der Waals surface area contributed by atoms with Crippen molar-refractivity contribution >= 4 is 5.82 Å². The van der Waals surface area contributed by atoms with E-state index in [2.05, 4.69) is 4.98 Å². The normalized spacial score (nSPS) is 12.3. The lowest BCUT2D eigenvalue weighted by Crippen LogP contribution is -2.08. The van der Waals surface area contributed by atoms with E-state index in [1.165, 1.54) is 10.8 Å². The van der Waals surface area contributed by atoms with Crippen LogP contribution in [0.5, 0.6) is 0 Å². The molecule has 1 atom stereocenters. The maximum absolute atomic E-state index is 10.7. The molecule has 0 saturated carbocycles.